The minimum Gasteiger partial charge on any atom is -0.303 e. The molecule has 1 amide bonds. The van der Waals surface area contributed by atoms with Crippen LogP contribution in [-0.2, 0) is 11.3 Å². The lowest BCUT2D eigenvalue weighted by atomic mass is 10.2. The van der Waals surface area contributed by atoms with E-state index in [2.05, 4.69) is 46.0 Å². The van der Waals surface area contributed by atoms with E-state index in [1.807, 2.05) is 29.2 Å². The molecule has 0 spiro atoms. The van der Waals surface area contributed by atoms with E-state index in [0.717, 1.165) is 37.5 Å². The molecule has 0 N–H and O–H groups in total. The van der Waals surface area contributed by atoms with Gasteiger partial charge in [-0.25, -0.2) is 4.98 Å². The van der Waals surface area contributed by atoms with Crippen molar-refractivity contribution in [2.75, 3.05) is 10.7 Å². The van der Waals surface area contributed by atoms with Crippen molar-refractivity contribution in [3.63, 3.8) is 0 Å². The summed E-state index contributed by atoms with van der Waals surface area (Å²) in [5.74, 6) is 2.04. The highest BCUT2D eigenvalue weighted by atomic mass is 32.2. The first kappa shape index (κ1) is 20.9. The predicted molar refractivity (Wildman–Crippen MR) is 133 cm³/mol. The lowest BCUT2D eigenvalue weighted by Crippen LogP contribution is -2.32. The highest BCUT2D eigenvalue weighted by Gasteiger charge is 2.36. The molecule has 0 bridgehead atoms. The number of fused-ring (bicyclic) bond motifs is 1. The Morgan fingerprint density at radius 1 is 1.09 bits per heavy atom. The van der Waals surface area contributed by atoms with Crippen LogP contribution in [0.5, 0.6) is 0 Å². The van der Waals surface area contributed by atoms with Crippen LogP contribution in [0.4, 0.5) is 5.13 Å². The molecule has 2 aromatic heterocycles. The number of aromatic nitrogens is 4. The highest BCUT2D eigenvalue weighted by molar-refractivity contribution is 7.99. The molecule has 0 unspecified atom stereocenters. The van der Waals surface area contributed by atoms with Crippen molar-refractivity contribution in [2.45, 2.75) is 56.3 Å². The summed E-state index contributed by atoms with van der Waals surface area (Å²) in [6.45, 7) is 2.56. The van der Waals surface area contributed by atoms with Gasteiger partial charge in [0.2, 0.25) is 5.91 Å². The summed E-state index contributed by atoms with van der Waals surface area (Å²) in [7, 11) is 0. The van der Waals surface area contributed by atoms with E-state index < -0.39 is 0 Å². The normalized spacial score (nSPS) is 15.8. The highest BCUT2D eigenvalue weighted by Crippen LogP contribution is 2.46. The van der Waals surface area contributed by atoms with E-state index in [0.29, 0.717) is 24.3 Å². The van der Waals surface area contributed by atoms with E-state index in [9.17, 15) is 4.79 Å². The van der Waals surface area contributed by atoms with Crippen LogP contribution in [0.3, 0.4) is 0 Å². The minimum atomic E-state index is 0.0406. The summed E-state index contributed by atoms with van der Waals surface area (Å²) in [6.07, 6.45) is 4.78. The van der Waals surface area contributed by atoms with Gasteiger partial charge in [0.25, 0.3) is 0 Å². The Morgan fingerprint density at radius 3 is 2.64 bits per heavy atom. The van der Waals surface area contributed by atoms with E-state index in [4.69, 9.17) is 4.98 Å². The maximum Gasteiger partial charge on any atom is 0.239 e. The Morgan fingerprint density at radius 2 is 1.91 bits per heavy atom. The number of aryl methyl sites for hydroxylation is 1. The van der Waals surface area contributed by atoms with Gasteiger partial charge in [0.05, 0.1) is 22.5 Å². The van der Waals surface area contributed by atoms with Crippen LogP contribution in [0.1, 0.15) is 54.6 Å². The molecule has 2 saturated carbocycles. The number of carbonyl (C=O) groups is 1. The molecule has 0 atom stereocenters. The third-order valence-corrected chi connectivity index (χ3v) is 8.17. The molecule has 2 fully saturated rings. The number of amides is 1. The van der Waals surface area contributed by atoms with Crippen LogP contribution in [0.15, 0.2) is 53.7 Å². The minimum absolute atomic E-state index is 0.0406. The number of thiazole rings is 1. The molecule has 8 heteroatoms. The van der Waals surface area contributed by atoms with Gasteiger partial charge < -0.3 is 4.57 Å². The van der Waals surface area contributed by atoms with Gasteiger partial charge in [0.1, 0.15) is 5.82 Å². The van der Waals surface area contributed by atoms with Crippen molar-refractivity contribution in [3.8, 4) is 0 Å². The van der Waals surface area contributed by atoms with Gasteiger partial charge in [-0.05, 0) is 49.8 Å². The fourth-order valence-corrected chi connectivity index (χ4v) is 6.05. The topological polar surface area (TPSA) is 63.9 Å². The zero-order valence-electron chi connectivity index (χ0n) is 18.5. The summed E-state index contributed by atoms with van der Waals surface area (Å²) in [6, 6.07) is 16.8. The molecule has 2 aliphatic rings. The number of para-hydroxylation sites is 1. The zero-order valence-corrected chi connectivity index (χ0v) is 20.1. The molecule has 0 aliphatic heterocycles. The summed E-state index contributed by atoms with van der Waals surface area (Å²) in [5, 5.41) is 10.6. The summed E-state index contributed by atoms with van der Waals surface area (Å²) >= 11 is 3.08. The van der Waals surface area contributed by atoms with Crippen molar-refractivity contribution >= 4 is 44.4 Å². The molecule has 0 saturated heterocycles. The van der Waals surface area contributed by atoms with Gasteiger partial charge in [-0.15, -0.1) is 10.2 Å². The van der Waals surface area contributed by atoms with Gasteiger partial charge in [0, 0.05) is 12.0 Å². The van der Waals surface area contributed by atoms with Gasteiger partial charge in [0.15, 0.2) is 10.3 Å². The van der Waals surface area contributed by atoms with Gasteiger partial charge in [-0.2, -0.15) is 0 Å². The first-order valence-electron chi connectivity index (χ1n) is 11.5. The SMILES string of the molecule is Cc1cccc2sc(N(Cc3ccccc3)C(=O)CSc3nnc(C4CC4)n3C3CC3)nc12. The lowest BCUT2D eigenvalue weighted by molar-refractivity contribution is -0.116. The van der Waals surface area contributed by atoms with Crippen LogP contribution in [0, 0.1) is 6.92 Å². The Hall–Kier alpha value is -2.71. The Bertz CT molecular complexity index is 1310. The first-order valence-corrected chi connectivity index (χ1v) is 13.3. The van der Waals surface area contributed by atoms with E-state index in [1.165, 1.54) is 37.4 Å². The van der Waals surface area contributed by atoms with Crippen molar-refractivity contribution in [2.24, 2.45) is 0 Å². The van der Waals surface area contributed by atoms with Crippen molar-refractivity contribution < 1.29 is 4.79 Å². The number of carbonyl (C=O) groups excluding carboxylic acids is 1. The fourth-order valence-electron chi connectivity index (χ4n) is 4.11. The molecular formula is C25H25N5OS2. The molecule has 2 aromatic carbocycles. The van der Waals surface area contributed by atoms with Gasteiger partial charge >= 0.3 is 0 Å². The predicted octanol–water partition coefficient (Wildman–Crippen LogP) is 5.73. The number of rotatable bonds is 8. The largest absolute Gasteiger partial charge is 0.303 e. The zero-order chi connectivity index (χ0) is 22.4. The Labute approximate surface area is 201 Å². The number of hydrogen-bond donors (Lipinski definition) is 0. The average molecular weight is 476 g/mol. The maximum absolute atomic E-state index is 13.5. The van der Waals surface area contributed by atoms with Crippen LogP contribution < -0.4 is 4.90 Å². The quantitative estimate of drug-likeness (QED) is 0.304. The lowest BCUT2D eigenvalue weighted by Gasteiger charge is -2.20. The second-order valence-electron chi connectivity index (χ2n) is 8.89. The third-order valence-electron chi connectivity index (χ3n) is 6.20. The number of benzene rings is 2. The maximum atomic E-state index is 13.5. The number of anilines is 1. The molecular weight excluding hydrogens is 450 g/mol. The fraction of sp³-hybridized carbons (Fsp3) is 0.360. The standard InChI is InChI=1S/C25H25N5OS2/c1-16-6-5-9-20-22(16)26-24(33-20)29(14-17-7-3-2-4-8-17)21(31)15-32-25-28-27-23(18-10-11-18)30(25)19-12-13-19/h2-9,18-19H,10-15H2,1H3. The van der Waals surface area contributed by atoms with E-state index in [-0.39, 0.29) is 5.91 Å². The number of nitrogens with zero attached hydrogens (tertiary/aromatic N) is 5. The molecule has 6 nitrogen and oxygen atoms in total. The van der Waals surface area contributed by atoms with Crippen molar-refractivity contribution in [3.05, 3.63) is 65.5 Å². The summed E-state index contributed by atoms with van der Waals surface area (Å²) in [4.78, 5) is 20.2. The van der Waals surface area contributed by atoms with Crippen LogP contribution >= 0.6 is 23.1 Å². The van der Waals surface area contributed by atoms with Crippen molar-refractivity contribution in [1.82, 2.24) is 19.7 Å². The van der Waals surface area contributed by atoms with Crippen LogP contribution in [0.2, 0.25) is 0 Å². The summed E-state index contributed by atoms with van der Waals surface area (Å²) in [5.41, 5.74) is 3.18. The number of hydrogen-bond acceptors (Lipinski definition) is 6. The second-order valence-corrected chi connectivity index (χ2v) is 10.8. The van der Waals surface area contributed by atoms with Gasteiger partial charge in [-0.1, -0.05) is 65.6 Å². The number of thioether (sulfide) groups is 1. The second kappa shape index (κ2) is 8.57. The molecule has 2 heterocycles. The Balaban J connectivity index is 1.27. The van der Waals surface area contributed by atoms with Crippen LogP contribution in [-0.4, -0.2) is 31.4 Å². The summed E-state index contributed by atoms with van der Waals surface area (Å²) < 4.78 is 3.41. The van der Waals surface area contributed by atoms with Gasteiger partial charge in [-0.3, -0.25) is 9.69 Å². The molecule has 2 aliphatic carbocycles. The van der Waals surface area contributed by atoms with Crippen molar-refractivity contribution in [1.29, 1.82) is 0 Å². The molecule has 168 valence electrons. The smallest absolute Gasteiger partial charge is 0.239 e. The molecule has 4 aromatic rings. The molecule has 0 radical (unpaired) electrons. The Kier molecular flexibility index (Phi) is 5.42. The monoisotopic (exact) mass is 475 g/mol. The molecule has 6 rings (SSSR count). The first-order chi connectivity index (χ1) is 16.2. The van der Waals surface area contributed by atoms with Crippen LogP contribution in [0.25, 0.3) is 10.2 Å². The average Bonchev–Trinajstić information content (AvgIpc) is 3.77. The third kappa shape index (κ3) is 4.29. The molecule has 33 heavy (non-hydrogen) atoms. The van der Waals surface area contributed by atoms with E-state index >= 15 is 0 Å². The van der Waals surface area contributed by atoms with E-state index in [1.54, 1.807) is 11.3 Å².